The van der Waals surface area contributed by atoms with Gasteiger partial charge in [-0.05, 0) is 30.4 Å². The number of aromatic nitrogens is 2. The van der Waals surface area contributed by atoms with E-state index in [0.29, 0.717) is 16.8 Å². The number of nitrogens with zero attached hydrogens (tertiary/aromatic N) is 2. The van der Waals surface area contributed by atoms with E-state index in [1.54, 1.807) is 0 Å². The third-order valence-electron chi connectivity index (χ3n) is 4.51. The predicted octanol–water partition coefficient (Wildman–Crippen LogP) is 4.88. The molecule has 1 aliphatic carbocycles. The lowest BCUT2D eigenvalue weighted by Crippen LogP contribution is -2.26. The Morgan fingerprint density at radius 1 is 1.30 bits per heavy atom. The third-order valence-corrected chi connectivity index (χ3v) is 4.75. The van der Waals surface area contributed by atoms with E-state index in [2.05, 4.69) is 16.5 Å². The van der Waals surface area contributed by atoms with Gasteiger partial charge in [-0.15, -0.1) is 11.6 Å². The van der Waals surface area contributed by atoms with Crippen molar-refractivity contribution < 1.29 is 4.39 Å². The topological polar surface area (TPSA) is 17.8 Å². The fourth-order valence-corrected chi connectivity index (χ4v) is 3.58. The lowest BCUT2D eigenvalue weighted by molar-refractivity contribution is 0.184. The van der Waals surface area contributed by atoms with E-state index in [1.807, 2.05) is 6.07 Å². The Hall–Kier alpha value is -1.09. The standard InChI is InChI=1S/C16H20ClFN2/c1-16(7-3-2-4-8-16)11-20-14-6-5-12(18)9-13(14)19-15(20)10-17/h5-6,9H,2-4,7-8,10-11H2,1H3. The number of halogens is 2. The molecule has 0 amide bonds. The Kier molecular flexibility index (Phi) is 3.72. The molecule has 0 spiro atoms. The van der Waals surface area contributed by atoms with E-state index in [9.17, 15) is 4.39 Å². The Balaban J connectivity index is 2.01. The number of hydrogen-bond acceptors (Lipinski definition) is 1. The molecule has 0 atom stereocenters. The first-order chi connectivity index (χ1) is 9.61. The van der Waals surface area contributed by atoms with Crippen LogP contribution in [0, 0.1) is 11.2 Å². The number of alkyl halides is 1. The quantitative estimate of drug-likeness (QED) is 0.737. The summed E-state index contributed by atoms with van der Waals surface area (Å²) in [6.45, 7) is 3.27. The maximum absolute atomic E-state index is 13.3. The first-order valence-corrected chi connectivity index (χ1v) is 7.85. The summed E-state index contributed by atoms with van der Waals surface area (Å²) >= 11 is 6.03. The van der Waals surface area contributed by atoms with Crippen molar-refractivity contribution in [1.82, 2.24) is 9.55 Å². The normalized spacial score (nSPS) is 18.6. The van der Waals surface area contributed by atoms with Crippen molar-refractivity contribution in [3.8, 4) is 0 Å². The molecular weight excluding hydrogens is 275 g/mol. The van der Waals surface area contributed by atoms with Crippen molar-refractivity contribution in [2.24, 2.45) is 5.41 Å². The molecule has 1 aliphatic rings. The lowest BCUT2D eigenvalue weighted by atomic mass is 9.75. The first-order valence-electron chi connectivity index (χ1n) is 7.32. The highest BCUT2D eigenvalue weighted by molar-refractivity contribution is 6.16. The SMILES string of the molecule is CC1(Cn2c(CCl)nc3cc(F)ccc32)CCCCC1. The van der Waals surface area contributed by atoms with E-state index in [1.165, 1.54) is 44.2 Å². The Morgan fingerprint density at radius 3 is 2.75 bits per heavy atom. The zero-order chi connectivity index (χ0) is 14.2. The highest BCUT2D eigenvalue weighted by atomic mass is 35.5. The van der Waals surface area contributed by atoms with Crippen LogP contribution in [-0.2, 0) is 12.4 Å². The molecule has 1 aromatic carbocycles. The summed E-state index contributed by atoms with van der Waals surface area (Å²) < 4.78 is 15.5. The van der Waals surface area contributed by atoms with Crippen molar-refractivity contribution in [3.05, 3.63) is 29.8 Å². The van der Waals surface area contributed by atoms with E-state index in [-0.39, 0.29) is 5.82 Å². The van der Waals surface area contributed by atoms with Gasteiger partial charge in [-0.3, -0.25) is 0 Å². The monoisotopic (exact) mass is 294 g/mol. The maximum Gasteiger partial charge on any atom is 0.125 e. The molecule has 4 heteroatoms. The zero-order valence-electron chi connectivity index (χ0n) is 11.8. The molecule has 0 unspecified atom stereocenters. The largest absolute Gasteiger partial charge is 0.326 e. The third kappa shape index (κ3) is 2.56. The van der Waals surface area contributed by atoms with Crippen LogP contribution in [0.1, 0.15) is 44.9 Å². The van der Waals surface area contributed by atoms with Crippen molar-refractivity contribution >= 4 is 22.6 Å². The molecule has 0 saturated heterocycles. The predicted molar refractivity (Wildman–Crippen MR) is 80.4 cm³/mol. The van der Waals surface area contributed by atoms with Crippen molar-refractivity contribution in [3.63, 3.8) is 0 Å². The van der Waals surface area contributed by atoms with Gasteiger partial charge in [-0.2, -0.15) is 0 Å². The molecule has 20 heavy (non-hydrogen) atoms. The second-order valence-corrected chi connectivity index (χ2v) is 6.52. The Morgan fingerprint density at radius 2 is 2.05 bits per heavy atom. The van der Waals surface area contributed by atoms with E-state index >= 15 is 0 Å². The molecule has 0 bridgehead atoms. The van der Waals surface area contributed by atoms with Crippen LogP contribution in [0.3, 0.4) is 0 Å². The summed E-state index contributed by atoms with van der Waals surface area (Å²) in [7, 11) is 0. The average molecular weight is 295 g/mol. The van der Waals surface area contributed by atoms with Crippen molar-refractivity contribution in [2.45, 2.75) is 51.5 Å². The molecule has 1 heterocycles. The van der Waals surface area contributed by atoms with Crippen LogP contribution in [0.25, 0.3) is 11.0 Å². The molecule has 3 rings (SSSR count). The van der Waals surface area contributed by atoms with Crippen LogP contribution >= 0.6 is 11.6 Å². The fourth-order valence-electron chi connectivity index (χ4n) is 3.38. The average Bonchev–Trinajstić information content (AvgIpc) is 2.76. The van der Waals surface area contributed by atoms with Crippen LogP contribution in [-0.4, -0.2) is 9.55 Å². The molecule has 0 N–H and O–H groups in total. The summed E-state index contributed by atoms with van der Waals surface area (Å²) in [6.07, 6.45) is 6.43. The number of fused-ring (bicyclic) bond motifs is 1. The molecule has 1 fully saturated rings. The summed E-state index contributed by atoms with van der Waals surface area (Å²) in [5.74, 6) is 0.970. The second-order valence-electron chi connectivity index (χ2n) is 6.25. The molecule has 108 valence electrons. The highest BCUT2D eigenvalue weighted by Gasteiger charge is 2.28. The molecule has 0 radical (unpaired) electrons. The number of hydrogen-bond donors (Lipinski definition) is 0. The highest BCUT2D eigenvalue weighted by Crippen LogP contribution is 2.38. The summed E-state index contributed by atoms with van der Waals surface area (Å²) in [5.41, 5.74) is 2.01. The van der Waals surface area contributed by atoms with E-state index in [4.69, 9.17) is 11.6 Å². The minimum absolute atomic E-state index is 0.243. The van der Waals surface area contributed by atoms with Gasteiger partial charge in [0.1, 0.15) is 11.6 Å². The van der Waals surface area contributed by atoms with Crippen LogP contribution in [0.4, 0.5) is 4.39 Å². The van der Waals surface area contributed by atoms with Gasteiger partial charge >= 0.3 is 0 Å². The lowest BCUT2D eigenvalue weighted by Gasteiger charge is -2.34. The Labute approximate surface area is 123 Å². The van der Waals surface area contributed by atoms with Gasteiger partial charge in [0, 0.05) is 12.6 Å². The van der Waals surface area contributed by atoms with Crippen LogP contribution in [0.5, 0.6) is 0 Å². The minimum atomic E-state index is -0.243. The van der Waals surface area contributed by atoms with Gasteiger partial charge in [0.2, 0.25) is 0 Å². The van der Waals surface area contributed by atoms with Gasteiger partial charge in [0.25, 0.3) is 0 Å². The second kappa shape index (κ2) is 5.36. The van der Waals surface area contributed by atoms with Crippen molar-refractivity contribution in [1.29, 1.82) is 0 Å². The minimum Gasteiger partial charge on any atom is -0.326 e. The molecule has 1 aromatic heterocycles. The van der Waals surface area contributed by atoms with Gasteiger partial charge in [0.05, 0.1) is 16.9 Å². The van der Waals surface area contributed by atoms with Crippen LogP contribution in [0.15, 0.2) is 18.2 Å². The summed E-state index contributed by atoms with van der Waals surface area (Å²) in [6, 6.07) is 4.81. The van der Waals surface area contributed by atoms with Gasteiger partial charge < -0.3 is 4.57 Å². The van der Waals surface area contributed by atoms with Crippen molar-refractivity contribution in [2.75, 3.05) is 0 Å². The van der Waals surface area contributed by atoms with Gasteiger partial charge in [0.15, 0.2) is 0 Å². The van der Waals surface area contributed by atoms with Gasteiger partial charge in [-0.25, -0.2) is 9.37 Å². The molecule has 1 saturated carbocycles. The molecule has 2 nitrogen and oxygen atoms in total. The first kappa shape index (κ1) is 13.9. The maximum atomic E-state index is 13.3. The van der Waals surface area contributed by atoms with Gasteiger partial charge in [-0.1, -0.05) is 26.2 Å². The number of imidazole rings is 1. The molecular formula is C16H20ClFN2. The van der Waals surface area contributed by atoms with Crippen LogP contribution in [0.2, 0.25) is 0 Å². The smallest absolute Gasteiger partial charge is 0.125 e. The Bertz CT molecular complexity index is 614. The molecule has 0 aliphatic heterocycles. The van der Waals surface area contributed by atoms with Crippen LogP contribution < -0.4 is 0 Å². The van der Waals surface area contributed by atoms with E-state index in [0.717, 1.165) is 17.9 Å². The number of benzene rings is 1. The summed E-state index contributed by atoms with van der Waals surface area (Å²) in [4.78, 5) is 4.48. The number of rotatable bonds is 3. The summed E-state index contributed by atoms with van der Waals surface area (Å²) in [5, 5.41) is 0. The fraction of sp³-hybridized carbons (Fsp3) is 0.562. The zero-order valence-corrected chi connectivity index (χ0v) is 12.6. The molecule has 2 aromatic rings. The van der Waals surface area contributed by atoms with E-state index < -0.39 is 0 Å².